The van der Waals surface area contributed by atoms with E-state index >= 15 is 0 Å². The molecule has 1 aliphatic carbocycles. The molecule has 0 aromatic carbocycles. The lowest BCUT2D eigenvalue weighted by Gasteiger charge is -2.20. The number of nitrogens with zero attached hydrogens (tertiary/aromatic N) is 1. The fourth-order valence-electron chi connectivity index (χ4n) is 2.54. The Morgan fingerprint density at radius 1 is 1.48 bits per heavy atom. The third-order valence-corrected chi connectivity index (χ3v) is 6.42. The van der Waals surface area contributed by atoms with Gasteiger partial charge in [-0.25, -0.2) is 13.1 Å². The number of aryl methyl sites for hydroxylation is 2. The maximum absolute atomic E-state index is 12.3. The lowest BCUT2D eigenvalue weighted by molar-refractivity contribution is -0.121. The highest BCUT2D eigenvalue weighted by Gasteiger charge is 2.31. The highest BCUT2D eigenvalue weighted by molar-refractivity contribution is 7.92. The van der Waals surface area contributed by atoms with Gasteiger partial charge in [-0.15, -0.1) is 11.3 Å². The molecule has 1 aliphatic rings. The molecule has 0 spiro atoms. The lowest BCUT2D eigenvalue weighted by Crippen LogP contribution is -2.35. The Hall–Kier alpha value is -1.67. The van der Waals surface area contributed by atoms with Gasteiger partial charge in [-0.2, -0.15) is 5.10 Å². The molecule has 1 amide bonds. The largest absolute Gasteiger partial charge is 0.282 e. The first-order valence-corrected chi connectivity index (χ1v) is 8.92. The molecule has 3 rings (SSSR count). The van der Waals surface area contributed by atoms with Crippen molar-refractivity contribution >= 4 is 27.3 Å². The van der Waals surface area contributed by atoms with Gasteiger partial charge >= 0.3 is 0 Å². The highest BCUT2D eigenvalue weighted by atomic mass is 32.2. The van der Waals surface area contributed by atoms with E-state index in [0.717, 1.165) is 40.3 Å². The van der Waals surface area contributed by atoms with Crippen molar-refractivity contribution in [1.29, 1.82) is 0 Å². The van der Waals surface area contributed by atoms with Gasteiger partial charge in [-0.1, -0.05) is 0 Å². The van der Waals surface area contributed by atoms with E-state index in [9.17, 15) is 13.2 Å². The molecule has 0 unspecified atom stereocenters. The smallest absolute Gasteiger partial charge is 0.273 e. The maximum Gasteiger partial charge on any atom is 0.273 e. The second-order valence-corrected chi connectivity index (χ2v) is 8.28. The molecular weight excluding hydrogens is 310 g/mol. The fourth-order valence-corrected chi connectivity index (χ4v) is 4.85. The SMILES string of the molecule is Cc1ccc(S(=O)(=O)NC(=O)[C@@H]2CCCc3[nH]ncc32)s1. The van der Waals surface area contributed by atoms with Gasteiger partial charge in [0.05, 0.1) is 12.1 Å². The molecular formula is C13H15N3O3S2. The van der Waals surface area contributed by atoms with Crippen LogP contribution >= 0.6 is 11.3 Å². The summed E-state index contributed by atoms with van der Waals surface area (Å²) in [6, 6.07) is 3.23. The van der Waals surface area contributed by atoms with Crippen molar-refractivity contribution in [1.82, 2.24) is 14.9 Å². The summed E-state index contributed by atoms with van der Waals surface area (Å²) in [5.74, 6) is -0.938. The average Bonchev–Trinajstić information content (AvgIpc) is 3.05. The predicted octanol–water partition coefficient (Wildman–Crippen LogP) is 1.70. The van der Waals surface area contributed by atoms with Crippen LogP contribution in [0.2, 0.25) is 0 Å². The Morgan fingerprint density at radius 3 is 3.00 bits per heavy atom. The average molecular weight is 325 g/mol. The second kappa shape index (κ2) is 5.27. The Labute approximate surface area is 126 Å². The van der Waals surface area contributed by atoms with Crippen LogP contribution in [0.1, 0.15) is 34.9 Å². The number of aromatic amines is 1. The van der Waals surface area contributed by atoms with E-state index in [1.54, 1.807) is 12.3 Å². The van der Waals surface area contributed by atoms with Gasteiger partial charge in [0, 0.05) is 16.1 Å². The highest BCUT2D eigenvalue weighted by Crippen LogP contribution is 2.31. The maximum atomic E-state index is 12.3. The van der Waals surface area contributed by atoms with Crippen molar-refractivity contribution in [3.05, 3.63) is 34.5 Å². The Morgan fingerprint density at radius 2 is 2.29 bits per heavy atom. The first-order chi connectivity index (χ1) is 9.97. The number of hydrogen-bond acceptors (Lipinski definition) is 5. The van der Waals surface area contributed by atoms with E-state index < -0.39 is 21.8 Å². The van der Waals surface area contributed by atoms with Crippen LogP contribution in [0.3, 0.4) is 0 Å². The molecule has 2 aromatic heterocycles. The van der Waals surface area contributed by atoms with Gasteiger partial charge in [0.1, 0.15) is 4.21 Å². The number of amides is 1. The number of sulfonamides is 1. The summed E-state index contributed by atoms with van der Waals surface area (Å²) in [7, 11) is -3.79. The van der Waals surface area contributed by atoms with Crippen LogP contribution < -0.4 is 4.72 Å². The van der Waals surface area contributed by atoms with E-state index in [4.69, 9.17) is 0 Å². The van der Waals surface area contributed by atoms with Crippen molar-refractivity contribution < 1.29 is 13.2 Å². The molecule has 1 atom stereocenters. The third kappa shape index (κ3) is 2.73. The van der Waals surface area contributed by atoms with Crippen molar-refractivity contribution in [2.24, 2.45) is 0 Å². The summed E-state index contributed by atoms with van der Waals surface area (Å²) in [6.07, 6.45) is 3.93. The minimum absolute atomic E-state index is 0.163. The van der Waals surface area contributed by atoms with Crippen LogP contribution in [0.4, 0.5) is 0 Å². The number of carbonyl (C=O) groups is 1. The number of hydrogen-bond donors (Lipinski definition) is 2. The number of rotatable bonds is 3. The van der Waals surface area contributed by atoms with Crippen molar-refractivity contribution in [2.45, 2.75) is 36.3 Å². The molecule has 8 heteroatoms. The summed E-state index contributed by atoms with van der Waals surface area (Å²) in [4.78, 5) is 13.2. The lowest BCUT2D eigenvalue weighted by atomic mass is 9.87. The van der Waals surface area contributed by atoms with Gasteiger partial charge in [-0.05, 0) is 38.3 Å². The zero-order valence-corrected chi connectivity index (χ0v) is 13.1. The van der Waals surface area contributed by atoms with Crippen molar-refractivity contribution in [2.75, 3.05) is 0 Å². The van der Waals surface area contributed by atoms with E-state index in [1.165, 1.54) is 6.07 Å². The van der Waals surface area contributed by atoms with E-state index in [0.29, 0.717) is 6.42 Å². The molecule has 2 N–H and O–H groups in total. The second-order valence-electron chi connectivity index (χ2n) is 5.08. The first kappa shape index (κ1) is 14.3. The number of H-pyrrole nitrogens is 1. The molecule has 0 fully saturated rings. The molecule has 0 saturated heterocycles. The van der Waals surface area contributed by atoms with Gasteiger partial charge in [0.15, 0.2) is 0 Å². The number of thiophene rings is 1. The van der Waals surface area contributed by atoms with E-state index in [-0.39, 0.29) is 4.21 Å². The standard InChI is InChI=1S/C13H15N3O3S2/c1-8-5-6-12(20-8)21(18,19)16-13(17)9-3-2-4-11-10(9)7-14-15-11/h5-7,9H,2-4H2,1H3,(H,14,15)(H,16,17)/t9-/m1/s1. The third-order valence-electron chi connectivity index (χ3n) is 3.58. The van der Waals surface area contributed by atoms with Crippen molar-refractivity contribution in [3.63, 3.8) is 0 Å². The van der Waals surface area contributed by atoms with Crippen LogP contribution in [-0.2, 0) is 21.2 Å². The first-order valence-electron chi connectivity index (χ1n) is 6.62. The van der Waals surface area contributed by atoms with Gasteiger partial charge in [0.25, 0.3) is 10.0 Å². The monoisotopic (exact) mass is 325 g/mol. The van der Waals surface area contributed by atoms with E-state index in [2.05, 4.69) is 14.9 Å². The molecule has 0 radical (unpaired) electrons. The predicted molar refractivity (Wildman–Crippen MR) is 78.7 cm³/mol. The summed E-state index contributed by atoms with van der Waals surface area (Å²) >= 11 is 1.15. The van der Waals surface area contributed by atoms with Crippen LogP contribution in [0.5, 0.6) is 0 Å². The van der Waals surface area contributed by atoms with Crippen LogP contribution in [0.15, 0.2) is 22.5 Å². The van der Waals surface area contributed by atoms with Crippen LogP contribution in [0, 0.1) is 6.92 Å². The summed E-state index contributed by atoms with van der Waals surface area (Å²) in [5.41, 5.74) is 1.72. The zero-order valence-electron chi connectivity index (χ0n) is 11.4. The Bertz CT molecular complexity index is 776. The molecule has 2 aromatic rings. The Balaban J connectivity index is 1.82. The van der Waals surface area contributed by atoms with Crippen LogP contribution in [-0.4, -0.2) is 24.5 Å². The summed E-state index contributed by atoms with van der Waals surface area (Å²) in [5, 5.41) is 6.80. The van der Waals surface area contributed by atoms with Crippen molar-refractivity contribution in [3.8, 4) is 0 Å². The molecule has 0 aliphatic heterocycles. The number of aromatic nitrogens is 2. The molecule has 0 bridgehead atoms. The fraction of sp³-hybridized carbons (Fsp3) is 0.385. The molecule has 112 valence electrons. The summed E-state index contributed by atoms with van der Waals surface area (Å²) < 4.78 is 26.8. The number of carbonyl (C=O) groups excluding carboxylic acids is 1. The van der Waals surface area contributed by atoms with Gasteiger partial charge < -0.3 is 0 Å². The molecule has 2 heterocycles. The quantitative estimate of drug-likeness (QED) is 0.898. The Kier molecular flexibility index (Phi) is 3.58. The molecule has 21 heavy (non-hydrogen) atoms. The topological polar surface area (TPSA) is 91.9 Å². The van der Waals surface area contributed by atoms with Crippen LogP contribution in [0.25, 0.3) is 0 Å². The zero-order chi connectivity index (χ0) is 15.0. The number of fused-ring (bicyclic) bond motifs is 1. The van der Waals surface area contributed by atoms with Gasteiger partial charge in [0.2, 0.25) is 5.91 Å². The molecule has 6 nitrogen and oxygen atoms in total. The summed E-state index contributed by atoms with van der Waals surface area (Å²) in [6.45, 7) is 1.82. The molecule has 0 saturated carbocycles. The minimum atomic E-state index is -3.79. The number of nitrogens with one attached hydrogen (secondary N) is 2. The minimum Gasteiger partial charge on any atom is -0.282 e. The normalized spacial score (nSPS) is 18.2. The van der Waals surface area contributed by atoms with Gasteiger partial charge in [-0.3, -0.25) is 9.89 Å². The van der Waals surface area contributed by atoms with E-state index in [1.807, 2.05) is 6.92 Å².